The third kappa shape index (κ3) is 1.29. The van der Waals surface area contributed by atoms with Gasteiger partial charge in [0, 0.05) is 18.4 Å². The van der Waals surface area contributed by atoms with Crippen molar-refractivity contribution in [3.63, 3.8) is 0 Å². The Morgan fingerprint density at radius 2 is 2.13 bits per heavy atom. The number of fused-ring (bicyclic) bond motifs is 1. The fourth-order valence-electron chi connectivity index (χ4n) is 2.95. The van der Waals surface area contributed by atoms with Crippen LogP contribution in [-0.4, -0.2) is 22.6 Å². The molecule has 0 N–H and O–H groups in total. The quantitative estimate of drug-likeness (QED) is 0.693. The molecular formula is C12H15N3. The van der Waals surface area contributed by atoms with E-state index in [1.54, 1.807) is 0 Å². The zero-order valence-electron chi connectivity index (χ0n) is 8.76. The molecule has 0 radical (unpaired) electrons. The number of aromatic nitrogens is 1. The summed E-state index contributed by atoms with van der Waals surface area (Å²) >= 11 is 0. The van der Waals surface area contributed by atoms with E-state index >= 15 is 0 Å². The van der Waals surface area contributed by atoms with E-state index in [9.17, 15) is 5.26 Å². The Balaban J connectivity index is 1.94. The van der Waals surface area contributed by atoms with Crippen molar-refractivity contribution in [3.8, 4) is 6.07 Å². The van der Waals surface area contributed by atoms with Crippen LogP contribution < -0.4 is 0 Å². The summed E-state index contributed by atoms with van der Waals surface area (Å²) in [6, 6.07) is 7.07. The average Bonchev–Trinajstić information content (AvgIpc) is 2.92. The van der Waals surface area contributed by atoms with Gasteiger partial charge in [0.2, 0.25) is 0 Å². The van der Waals surface area contributed by atoms with E-state index in [4.69, 9.17) is 0 Å². The molecule has 0 amide bonds. The van der Waals surface area contributed by atoms with Crippen molar-refractivity contribution in [3.05, 3.63) is 24.0 Å². The van der Waals surface area contributed by atoms with Gasteiger partial charge < -0.3 is 4.57 Å². The first-order valence-corrected chi connectivity index (χ1v) is 5.69. The van der Waals surface area contributed by atoms with Crippen molar-refractivity contribution < 1.29 is 0 Å². The summed E-state index contributed by atoms with van der Waals surface area (Å²) in [7, 11) is 0. The fourth-order valence-corrected chi connectivity index (χ4v) is 2.95. The molecule has 2 atom stereocenters. The molecule has 3 nitrogen and oxygen atoms in total. The zero-order valence-corrected chi connectivity index (χ0v) is 8.76. The molecule has 1 fully saturated rings. The first-order valence-electron chi connectivity index (χ1n) is 5.69. The van der Waals surface area contributed by atoms with Gasteiger partial charge in [0.1, 0.15) is 0 Å². The van der Waals surface area contributed by atoms with E-state index in [2.05, 4.69) is 33.9 Å². The molecule has 3 heterocycles. The van der Waals surface area contributed by atoms with Crippen LogP contribution in [0.3, 0.4) is 0 Å². The zero-order chi connectivity index (χ0) is 10.3. The predicted molar refractivity (Wildman–Crippen MR) is 57.1 cm³/mol. The number of nitrogens with zero attached hydrogens (tertiary/aromatic N) is 3. The molecule has 1 aromatic heterocycles. The van der Waals surface area contributed by atoms with E-state index in [1.807, 2.05) is 0 Å². The number of likely N-dealkylation sites (tertiary alicyclic amines) is 1. The monoisotopic (exact) mass is 201 g/mol. The van der Waals surface area contributed by atoms with Gasteiger partial charge in [-0.1, -0.05) is 0 Å². The summed E-state index contributed by atoms with van der Waals surface area (Å²) in [5, 5.41) is 9.20. The second kappa shape index (κ2) is 3.39. The van der Waals surface area contributed by atoms with E-state index in [0.29, 0.717) is 6.04 Å². The Morgan fingerprint density at radius 3 is 2.87 bits per heavy atom. The lowest BCUT2D eigenvalue weighted by molar-refractivity contribution is 0.215. The number of rotatable bonds is 1. The molecule has 1 aromatic rings. The highest BCUT2D eigenvalue weighted by Gasteiger charge is 2.37. The van der Waals surface area contributed by atoms with Gasteiger partial charge in [0.25, 0.3) is 0 Å². The summed E-state index contributed by atoms with van der Waals surface area (Å²) in [5.41, 5.74) is 1.34. The lowest BCUT2D eigenvalue weighted by Crippen LogP contribution is -2.28. The maximum absolute atomic E-state index is 9.20. The number of hydrogen-bond acceptors (Lipinski definition) is 2. The molecule has 0 spiro atoms. The van der Waals surface area contributed by atoms with Gasteiger partial charge in [-0.25, -0.2) is 0 Å². The lowest BCUT2D eigenvalue weighted by Gasteiger charge is -2.25. The molecule has 2 aliphatic rings. The molecule has 3 rings (SSSR count). The van der Waals surface area contributed by atoms with Crippen LogP contribution in [0.2, 0.25) is 0 Å². The first kappa shape index (κ1) is 8.99. The van der Waals surface area contributed by atoms with Crippen LogP contribution in [0.1, 0.15) is 24.6 Å². The van der Waals surface area contributed by atoms with Crippen LogP contribution in [0.4, 0.5) is 0 Å². The molecule has 0 aliphatic carbocycles. The second-order valence-corrected chi connectivity index (χ2v) is 4.51. The van der Waals surface area contributed by atoms with E-state index in [0.717, 1.165) is 19.6 Å². The normalized spacial score (nSPS) is 30.3. The highest BCUT2D eigenvalue weighted by molar-refractivity contribution is 5.21. The van der Waals surface area contributed by atoms with Crippen molar-refractivity contribution >= 4 is 0 Å². The van der Waals surface area contributed by atoms with Gasteiger partial charge in [0.15, 0.2) is 0 Å². The van der Waals surface area contributed by atoms with E-state index in [-0.39, 0.29) is 5.92 Å². The number of nitriles is 1. The Hall–Kier alpha value is -1.27. The second-order valence-electron chi connectivity index (χ2n) is 4.51. The number of hydrogen-bond donors (Lipinski definition) is 0. The topological polar surface area (TPSA) is 32.0 Å². The van der Waals surface area contributed by atoms with Crippen LogP contribution in [0.15, 0.2) is 18.3 Å². The van der Waals surface area contributed by atoms with Gasteiger partial charge in [-0.15, -0.1) is 0 Å². The standard InChI is InChI=1S/C12H15N3/c13-8-10-9-15-7-3-4-11(15)12(10)14-5-1-2-6-14/h3-4,7,10,12H,1-2,5-6,9H2. The minimum atomic E-state index is 0.152. The molecule has 15 heavy (non-hydrogen) atoms. The van der Waals surface area contributed by atoms with Crippen molar-refractivity contribution in [2.24, 2.45) is 5.92 Å². The molecule has 2 aliphatic heterocycles. The molecule has 1 saturated heterocycles. The Kier molecular flexibility index (Phi) is 2.03. The summed E-state index contributed by atoms with van der Waals surface area (Å²) in [5.74, 6) is 0.152. The molecule has 2 unspecified atom stereocenters. The molecule has 78 valence electrons. The first-order chi connectivity index (χ1) is 7.40. The molecule has 0 aromatic carbocycles. The van der Waals surface area contributed by atoms with E-state index < -0.39 is 0 Å². The summed E-state index contributed by atoms with van der Waals surface area (Å²) in [6.07, 6.45) is 4.67. The molecule has 3 heteroatoms. The largest absolute Gasteiger partial charge is 0.349 e. The minimum Gasteiger partial charge on any atom is -0.349 e. The average molecular weight is 201 g/mol. The maximum Gasteiger partial charge on any atom is 0.0853 e. The molecule has 0 bridgehead atoms. The lowest BCUT2D eigenvalue weighted by atomic mass is 10.0. The maximum atomic E-state index is 9.20. The predicted octanol–water partition coefficient (Wildman–Crippen LogP) is 1.78. The smallest absolute Gasteiger partial charge is 0.0853 e. The molecule has 0 saturated carbocycles. The van der Waals surface area contributed by atoms with Crippen LogP contribution in [0.5, 0.6) is 0 Å². The van der Waals surface area contributed by atoms with Crippen molar-refractivity contribution in [1.29, 1.82) is 5.26 Å². The minimum absolute atomic E-state index is 0.152. The van der Waals surface area contributed by atoms with Gasteiger partial charge in [-0.2, -0.15) is 5.26 Å². The van der Waals surface area contributed by atoms with Gasteiger partial charge in [0.05, 0.1) is 18.0 Å². The Morgan fingerprint density at radius 1 is 1.33 bits per heavy atom. The van der Waals surface area contributed by atoms with Crippen LogP contribution >= 0.6 is 0 Å². The highest BCUT2D eigenvalue weighted by Crippen LogP contribution is 2.37. The van der Waals surface area contributed by atoms with Crippen molar-refractivity contribution in [2.45, 2.75) is 25.4 Å². The van der Waals surface area contributed by atoms with Crippen LogP contribution in [0, 0.1) is 17.2 Å². The van der Waals surface area contributed by atoms with Crippen molar-refractivity contribution in [2.75, 3.05) is 13.1 Å². The molecular weight excluding hydrogens is 186 g/mol. The Bertz CT molecular complexity index is 395. The SMILES string of the molecule is N#CC1Cn2cccc2C1N1CCCC1. The third-order valence-electron chi connectivity index (χ3n) is 3.64. The summed E-state index contributed by atoms with van der Waals surface area (Å²) < 4.78 is 2.23. The van der Waals surface area contributed by atoms with Crippen molar-refractivity contribution in [1.82, 2.24) is 9.47 Å². The summed E-state index contributed by atoms with van der Waals surface area (Å²) in [6.45, 7) is 3.20. The third-order valence-corrected chi connectivity index (χ3v) is 3.64. The summed E-state index contributed by atoms with van der Waals surface area (Å²) in [4.78, 5) is 2.48. The van der Waals surface area contributed by atoms with E-state index in [1.165, 1.54) is 18.5 Å². The van der Waals surface area contributed by atoms with Gasteiger partial charge in [-0.3, -0.25) is 4.90 Å². The van der Waals surface area contributed by atoms with Gasteiger partial charge in [-0.05, 0) is 38.1 Å². The van der Waals surface area contributed by atoms with Gasteiger partial charge >= 0.3 is 0 Å². The van der Waals surface area contributed by atoms with Crippen LogP contribution in [-0.2, 0) is 6.54 Å². The Labute approximate surface area is 89.9 Å². The van der Waals surface area contributed by atoms with Crippen LogP contribution in [0.25, 0.3) is 0 Å². The highest BCUT2D eigenvalue weighted by atomic mass is 15.2. The fraction of sp³-hybridized carbons (Fsp3) is 0.583.